The van der Waals surface area contributed by atoms with Gasteiger partial charge in [0.05, 0.1) is 17.3 Å². The van der Waals surface area contributed by atoms with Crippen LogP contribution in [0, 0.1) is 11.3 Å². The van der Waals surface area contributed by atoms with E-state index in [-0.39, 0.29) is 11.7 Å². The van der Waals surface area contributed by atoms with E-state index in [2.05, 4.69) is 24.0 Å². The van der Waals surface area contributed by atoms with E-state index in [1.807, 2.05) is 0 Å². The number of hydrogen-bond acceptors (Lipinski definition) is 5. The number of morpholine rings is 1. The molecule has 1 spiro atoms. The van der Waals surface area contributed by atoms with Gasteiger partial charge in [-0.15, -0.1) is 0 Å². The number of aryl methyl sites for hydroxylation is 2. The van der Waals surface area contributed by atoms with Gasteiger partial charge in [-0.25, -0.2) is 4.98 Å². The maximum atomic E-state index is 9.65. The van der Waals surface area contributed by atoms with Crippen molar-refractivity contribution in [2.75, 3.05) is 31.2 Å². The lowest BCUT2D eigenvalue weighted by atomic mass is 9.90. The molecule has 0 bridgehead atoms. The number of pyridine rings is 1. The number of aromatic nitrogens is 1. The van der Waals surface area contributed by atoms with Crippen molar-refractivity contribution in [3.8, 4) is 6.07 Å². The summed E-state index contributed by atoms with van der Waals surface area (Å²) in [5, 5.41) is 9.65. The van der Waals surface area contributed by atoms with Crippen molar-refractivity contribution in [1.82, 2.24) is 4.98 Å². The van der Waals surface area contributed by atoms with Crippen LogP contribution in [0.25, 0.3) is 0 Å². The largest absolute Gasteiger partial charge is 0.381 e. The molecule has 1 aromatic heterocycles. The minimum atomic E-state index is -0.153. The molecule has 5 nitrogen and oxygen atoms in total. The molecule has 3 heterocycles. The Bertz CT molecular complexity index is 661. The maximum Gasteiger partial charge on any atom is 0.147 e. The summed E-state index contributed by atoms with van der Waals surface area (Å²) in [5.74, 6) is 0.860. The topological polar surface area (TPSA) is 58.4 Å². The lowest BCUT2D eigenvalue weighted by Gasteiger charge is -2.48. The summed E-state index contributed by atoms with van der Waals surface area (Å²) in [7, 11) is 0. The molecule has 2 aliphatic heterocycles. The first-order valence-electron chi connectivity index (χ1n) is 9.12. The Labute approximate surface area is 143 Å². The van der Waals surface area contributed by atoms with Gasteiger partial charge in [-0.2, -0.15) is 5.26 Å². The van der Waals surface area contributed by atoms with Gasteiger partial charge in [-0.05, 0) is 44.2 Å². The monoisotopic (exact) mass is 327 g/mol. The molecule has 3 aliphatic rings. The van der Waals surface area contributed by atoms with Crippen molar-refractivity contribution >= 4 is 5.82 Å². The maximum absolute atomic E-state index is 9.65. The molecule has 5 heteroatoms. The van der Waals surface area contributed by atoms with E-state index in [0.29, 0.717) is 5.56 Å². The van der Waals surface area contributed by atoms with Crippen LogP contribution in [0.2, 0.25) is 0 Å². The molecule has 0 saturated carbocycles. The van der Waals surface area contributed by atoms with Crippen LogP contribution in [0.3, 0.4) is 0 Å². The highest BCUT2D eigenvalue weighted by Gasteiger charge is 2.41. The van der Waals surface area contributed by atoms with Gasteiger partial charge in [0.25, 0.3) is 0 Å². The van der Waals surface area contributed by atoms with E-state index in [0.717, 1.165) is 57.8 Å². The molecule has 1 aromatic rings. The third kappa shape index (κ3) is 2.89. The number of rotatable bonds is 1. The molecule has 0 radical (unpaired) electrons. The Morgan fingerprint density at radius 3 is 2.88 bits per heavy atom. The second-order valence-corrected chi connectivity index (χ2v) is 7.39. The molecular formula is C19H25N3O2. The lowest BCUT2D eigenvalue weighted by molar-refractivity contribution is -0.145. The molecular weight excluding hydrogens is 302 g/mol. The fourth-order valence-corrected chi connectivity index (χ4v) is 4.35. The standard InChI is InChI=1S/C19H25N3O2/c1-14-12-22(13-19(24-14)6-8-23-9-7-19)18-16(11-20)10-15-4-2-3-5-17(15)21-18/h10,14H,2-9,12-13H2,1H3/t14-/m0/s1. The van der Waals surface area contributed by atoms with Gasteiger partial charge in [0, 0.05) is 44.8 Å². The van der Waals surface area contributed by atoms with Crippen LogP contribution < -0.4 is 4.90 Å². The quantitative estimate of drug-likeness (QED) is 0.793. The molecule has 0 unspecified atom stereocenters. The number of nitrogens with zero attached hydrogens (tertiary/aromatic N) is 3. The molecule has 4 rings (SSSR count). The zero-order valence-corrected chi connectivity index (χ0v) is 14.4. The molecule has 0 amide bonds. The Kier molecular flexibility index (Phi) is 4.19. The predicted molar refractivity (Wildman–Crippen MR) is 91.1 cm³/mol. The number of fused-ring (bicyclic) bond motifs is 1. The van der Waals surface area contributed by atoms with Gasteiger partial charge in [-0.1, -0.05) is 0 Å². The van der Waals surface area contributed by atoms with E-state index in [1.54, 1.807) is 0 Å². The molecule has 24 heavy (non-hydrogen) atoms. The molecule has 0 N–H and O–H groups in total. The average Bonchev–Trinajstić information content (AvgIpc) is 2.60. The molecule has 2 fully saturated rings. The third-order valence-electron chi connectivity index (χ3n) is 5.51. The molecule has 128 valence electrons. The number of ether oxygens (including phenoxy) is 2. The zero-order chi connectivity index (χ0) is 16.6. The van der Waals surface area contributed by atoms with Gasteiger partial charge >= 0.3 is 0 Å². The normalized spacial score (nSPS) is 26.0. The minimum Gasteiger partial charge on any atom is -0.381 e. The van der Waals surface area contributed by atoms with Crippen molar-refractivity contribution in [2.24, 2.45) is 0 Å². The Morgan fingerprint density at radius 2 is 2.08 bits per heavy atom. The van der Waals surface area contributed by atoms with Gasteiger partial charge < -0.3 is 14.4 Å². The molecule has 1 aliphatic carbocycles. The molecule has 1 atom stereocenters. The summed E-state index contributed by atoms with van der Waals surface area (Å²) in [6.07, 6.45) is 6.47. The number of hydrogen-bond donors (Lipinski definition) is 0. The van der Waals surface area contributed by atoms with Gasteiger partial charge in [0.2, 0.25) is 0 Å². The second kappa shape index (κ2) is 6.34. The summed E-state index contributed by atoms with van der Waals surface area (Å²) in [6.45, 7) is 5.23. The molecule has 2 saturated heterocycles. The first kappa shape index (κ1) is 15.9. The summed E-state index contributed by atoms with van der Waals surface area (Å²) >= 11 is 0. The zero-order valence-electron chi connectivity index (χ0n) is 14.4. The van der Waals surface area contributed by atoms with E-state index in [9.17, 15) is 5.26 Å². The van der Waals surface area contributed by atoms with Gasteiger partial charge in [0.1, 0.15) is 11.9 Å². The fraction of sp³-hybridized carbons (Fsp3) is 0.684. The van der Waals surface area contributed by atoms with Crippen LogP contribution in [-0.2, 0) is 22.3 Å². The molecule has 0 aromatic carbocycles. The lowest BCUT2D eigenvalue weighted by Crippen LogP contribution is -2.57. The minimum absolute atomic E-state index is 0.140. The number of nitriles is 1. The summed E-state index contributed by atoms with van der Waals surface area (Å²) in [6, 6.07) is 4.46. The Hall–Kier alpha value is -1.64. The third-order valence-corrected chi connectivity index (χ3v) is 5.51. The van der Waals surface area contributed by atoms with Crippen molar-refractivity contribution < 1.29 is 9.47 Å². The fourth-order valence-electron chi connectivity index (χ4n) is 4.35. The van der Waals surface area contributed by atoms with Crippen LogP contribution in [0.1, 0.15) is 49.4 Å². The van der Waals surface area contributed by atoms with Crippen LogP contribution >= 0.6 is 0 Å². The average molecular weight is 327 g/mol. The summed E-state index contributed by atoms with van der Waals surface area (Å²) in [5.41, 5.74) is 3.02. The van der Waals surface area contributed by atoms with Crippen LogP contribution in [0.15, 0.2) is 6.07 Å². The van der Waals surface area contributed by atoms with E-state index < -0.39 is 0 Å². The summed E-state index contributed by atoms with van der Waals surface area (Å²) < 4.78 is 11.8. The summed E-state index contributed by atoms with van der Waals surface area (Å²) in [4.78, 5) is 7.22. The van der Waals surface area contributed by atoms with Gasteiger partial charge in [0.15, 0.2) is 0 Å². The van der Waals surface area contributed by atoms with E-state index in [4.69, 9.17) is 14.5 Å². The van der Waals surface area contributed by atoms with Crippen molar-refractivity contribution in [1.29, 1.82) is 5.26 Å². The Balaban J connectivity index is 1.68. The predicted octanol–water partition coefficient (Wildman–Crippen LogP) is 2.61. The van der Waals surface area contributed by atoms with Crippen molar-refractivity contribution in [3.05, 3.63) is 22.9 Å². The highest BCUT2D eigenvalue weighted by atomic mass is 16.5. The van der Waals surface area contributed by atoms with Crippen molar-refractivity contribution in [2.45, 2.75) is 57.2 Å². The Morgan fingerprint density at radius 1 is 1.29 bits per heavy atom. The van der Waals surface area contributed by atoms with Crippen LogP contribution in [0.5, 0.6) is 0 Å². The first-order valence-corrected chi connectivity index (χ1v) is 9.12. The van der Waals surface area contributed by atoms with Gasteiger partial charge in [-0.3, -0.25) is 0 Å². The smallest absolute Gasteiger partial charge is 0.147 e. The van der Waals surface area contributed by atoms with E-state index >= 15 is 0 Å². The van der Waals surface area contributed by atoms with Crippen LogP contribution in [0.4, 0.5) is 5.82 Å². The first-order chi connectivity index (χ1) is 11.7. The van der Waals surface area contributed by atoms with Crippen molar-refractivity contribution in [3.63, 3.8) is 0 Å². The highest BCUT2D eigenvalue weighted by molar-refractivity contribution is 5.57. The van der Waals surface area contributed by atoms with E-state index in [1.165, 1.54) is 24.1 Å². The van der Waals surface area contributed by atoms with Crippen LogP contribution in [-0.4, -0.2) is 43.0 Å². The highest BCUT2D eigenvalue weighted by Crippen LogP contribution is 2.35. The SMILES string of the molecule is C[C@H]1CN(c2nc3c(cc2C#N)CCCC3)CC2(CCOCC2)O1. The second-order valence-electron chi connectivity index (χ2n) is 7.39. The number of anilines is 1.